The van der Waals surface area contributed by atoms with Gasteiger partial charge in [-0.2, -0.15) is 5.10 Å². The van der Waals surface area contributed by atoms with Crippen LogP contribution in [-0.2, 0) is 6.54 Å². The first-order chi connectivity index (χ1) is 13.3. The Kier molecular flexibility index (Phi) is 7.01. The second kappa shape index (κ2) is 9.67. The predicted octanol–water partition coefficient (Wildman–Crippen LogP) is 3.03. The summed E-state index contributed by atoms with van der Waals surface area (Å²) in [6, 6.07) is 9.90. The van der Waals surface area contributed by atoms with Gasteiger partial charge in [0, 0.05) is 31.6 Å². The van der Waals surface area contributed by atoms with E-state index in [2.05, 4.69) is 35.4 Å². The highest BCUT2D eigenvalue weighted by Crippen LogP contribution is 2.25. The van der Waals surface area contributed by atoms with E-state index in [1.165, 1.54) is 0 Å². The molecule has 3 aromatic rings. The number of nitrogens with zero attached hydrogens (tertiary/aromatic N) is 5. The molecule has 1 aliphatic rings. The van der Waals surface area contributed by atoms with E-state index < -0.39 is 0 Å². The maximum Gasteiger partial charge on any atom is 0.226 e. The first-order valence-electron chi connectivity index (χ1n) is 9.14. The summed E-state index contributed by atoms with van der Waals surface area (Å²) in [7, 11) is 1.81. The molecule has 0 atom stereocenters. The number of likely N-dealkylation sites (tertiary alicyclic amines) is 1. The average molecular weight is 493 g/mol. The summed E-state index contributed by atoms with van der Waals surface area (Å²) in [5, 5.41) is 10.3. The van der Waals surface area contributed by atoms with Gasteiger partial charge in [0.2, 0.25) is 5.89 Å². The first kappa shape index (κ1) is 20.3. The van der Waals surface area contributed by atoms with Crippen LogP contribution in [0.3, 0.4) is 0 Å². The van der Waals surface area contributed by atoms with Gasteiger partial charge in [-0.3, -0.25) is 10.1 Å². The largest absolute Gasteiger partial charge is 0.444 e. The molecule has 4 rings (SSSR count). The van der Waals surface area contributed by atoms with Crippen LogP contribution in [0, 0.1) is 0 Å². The van der Waals surface area contributed by atoms with Crippen molar-refractivity contribution in [3.63, 3.8) is 0 Å². The van der Waals surface area contributed by atoms with Gasteiger partial charge >= 0.3 is 0 Å². The fourth-order valence-electron chi connectivity index (χ4n) is 3.38. The molecule has 9 heteroatoms. The van der Waals surface area contributed by atoms with E-state index >= 15 is 0 Å². The third-order valence-corrected chi connectivity index (χ3v) is 4.83. The van der Waals surface area contributed by atoms with Gasteiger partial charge in [-0.1, -0.05) is 18.2 Å². The van der Waals surface area contributed by atoms with Crippen molar-refractivity contribution in [1.82, 2.24) is 30.4 Å². The van der Waals surface area contributed by atoms with Gasteiger partial charge in [0.15, 0.2) is 5.96 Å². The minimum absolute atomic E-state index is 0. The van der Waals surface area contributed by atoms with Crippen LogP contribution in [0.25, 0.3) is 11.5 Å². The number of aromatic nitrogens is 4. The molecular weight excluding hydrogens is 469 g/mol. The highest BCUT2D eigenvalue weighted by atomic mass is 127. The first-order valence-corrected chi connectivity index (χ1v) is 9.14. The predicted molar refractivity (Wildman–Crippen MR) is 117 cm³/mol. The summed E-state index contributed by atoms with van der Waals surface area (Å²) in [6.07, 6.45) is 5.32. The molecule has 2 N–H and O–H groups in total. The number of nitrogens with one attached hydrogen (secondary N) is 2. The normalized spacial score (nSPS) is 15.3. The van der Waals surface area contributed by atoms with E-state index in [0.717, 1.165) is 49.0 Å². The monoisotopic (exact) mass is 493 g/mol. The number of aliphatic imine (C=N–C) groups is 1. The second-order valence-corrected chi connectivity index (χ2v) is 6.54. The fourth-order valence-corrected chi connectivity index (χ4v) is 3.38. The van der Waals surface area contributed by atoms with E-state index in [4.69, 9.17) is 4.42 Å². The molecule has 0 bridgehead atoms. The van der Waals surface area contributed by atoms with Crippen molar-refractivity contribution in [2.75, 3.05) is 20.1 Å². The van der Waals surface area contributed by atoms with Crippen LogP contribution in [0.1, 0.15) is 30.3 Å². The molecule has 0 unspecified atom stereocenters. The number of hydrogen-bond acceptors (Lipinski definition) is 5. The second-order valence-electron chi connectivity index (χ2n) is 6.54. The Hall–Kier alpha value is -2.43. The molecule has 2 aromatic heterocycles. The van der Waals surface area contributed by atoms with Crippen LogP contribution in [0.2, 0.25) is 0 Å². The lowest BCUT2D eigenvalue weighted by molar-refractivity contribution is 0.298. The fraction of sp³-hybridized carbons (Fsp3) is 0.368. The van der Waals surface area contributed by atoms with Crippen LogP contribution in [-0.4, -0.2) is 51.2 Å². The van der Waals surface area contributed by atoms with E-state index in [9.17, 15) is 0 Å². The Balaban J connectivity index is 0.00000225. The molecule has 148 valence electrons. The highest BCUT2D eigenvalue weighted by molar-refractivity contribution is 14.0. The SMILES string of the molecule is CN=C(NCc1coc(-c2ccccc2)n1)N1CCC(c2ncn[nH]2)CC1.I. The number of rotatable bonds is 4. The van der Waals surface area contributed by atoms with E-state index in [-0.39, 0.29) is 24.0 Å². The minimum atomic E-state index is 0. The zero-order chi connectivity index (χ0) is 18.5. The molecular formula is C19H24IN7O. The van der Waals surface area contributed by atoms with Crippen molar-refractivity contribution in [2.24, 2.45) is 4.99 Å². The van der Waals surface area contributed by atoms with Gasteiger partial charge in [0.1, 0.15) is 18.4 Å². The molecule has 1 aromatic carbocycles. The zero-order valence-corrected chi connectivity index (χ0v) is 18.0. The van der Waals surface area contributed by atoms with Crippen molar-refractivity contribution in [3.05, 3.63) is 54.4 Å². The highest BCUT2D eigenvalue weighted by Gasteiger charge is 2.24. The lowest BCUT2D eigenvalue weighted by atomic mass is 9.96. The topological polar surface area (TPSA) is 95.2 Å². The Morgan fingerprint density at radius 2 is 2.07 bits per heavy atom. The molecule has 28 heavy (non-hydrogen) atoms. The van der Waals surface area contributed by atoms with Gasteiger partial charge in [0.25, 0.3) is 0 Å². The van der Waals surface area contributed by atoms with Crippen LogP contribution in [0.5, 0.6) is 0 Å². The molecule has 0 radical (unpaired) electrons. The lowest BCUT2D eigenvalue weighted by Gasteiger charge is -2.33. The van der Waals surface area contributed by atoms with Crippen molar-refractivity contribution < 1.29 is 4.42 Å². The Bertz CT molecular complexity index is 871. The lowest BCUT2D eigenvalue weighted by Crippen LogP contribution is -2.45. The Labute approximate surface area is 180 Å². The number of benzene rings is 1. The number of H-pyrrole nitrogens is 1. The van der Waals surface area contributed by atoms with Crippen LogP contribution in [0.4, 0.5) is 0 Å². The summed E-state index contributed by atoms with van der Waals surface area (Å²) < 4.78 is 5.60. The smallest absolute Gasteiger partial charge is 0.226 e. The number of halogens is 1. The van der Waals surface area contributed by atoms with Crippen LogP contribution in [0.15, 0.2) is 52.3 Å². The third kappa shape index (κ3) is 4.70. The van der Waals surface area contributed by atoms with Crippen LogP contribution < -0.4 is 5.32 Å². The zero-order valence-electron chi connectivity index (χ0n) is 15.7. The minimum Gasteiger partial charge on any atom is -0.444 e. The molecule has 1 fully saturated rings. The number of aromatic amines is 1. The Morgan fingerprint density at radius 1 is 1.29 bits per heavy atom. The number of oxazole rings is 1. The molecule has 0 saturated carbocycles. The molecule has 3 heterocycles. The van der Waals surface area contributed by atoms with Gasteiger partial charge < -0.3 is 14.6 Å². The summed E-state index contributed by atoms with van der Waals surface area (Å²) in [6.45, 7) is 2.43. The van der Waals surface area contributed by atoms with E-state index in [1.54, 1.807) is 12.6 Å². The summed E-state index contributed by atoms with van der Waals surface area (Å²) >= 11 is 0. The Morgan fingerprint density at radius 3 is 2.75 bits per heavy atom. The van der Waals surface area contributed by atoms with Crippen molar-refractivity contribution in [1.29, 1.82) is 0 Å². The molecule has 0 aliphatic carbocycles. The third-order valence-electron chi connectivity index (χ3n) is 4.83. The number of guanidine groups is 1. The molecule has 0 spiro atoms. The van der Waals surface area contributed by atoms with Gasteiger partial charge in [-0.15, -0.1) is 24.0 Å². The average Bonchev–Trinajstić information content (AvgIpc) is 3.42. The number of piperidine rings is 1. The van der Waals surface area contributed by atoms with E-state index in [0.29, 0.717) is 18.4 Å². The van der Waals surface area contributed by atoms with Gasteiger partial charge in [-0.25, -0.2) is 9.97 Å². The van der Waals surface area contributed by atoms with Crippen LogP contribution >= 0.6 is 24.0 Å². The maximum atomic E-state index is 5.60. The van der Waals surface area contributed by atoms with Gasteiger partial charge in [-0.05, 0) is 25.0 Å². The van der Waals surface area contributed by atoms with Gasteiger partial charge in [0.05, 0.1) is 12.2 Å². The number of hydrogen-bond donors (Lipinski definition) is 2. The molecule has 1 saturated heterocycles. The quantitative estimate of drug-likeness (QED) is 0.330. The standard InChI is InChI=1S/C19H23N7O.HI/c1-20-19(26-9-7-14(8-10-26)17-22-13-23-25-17)21-11-16-12-27-18(24-16)15-5-3-2-4-6-15;/h2-6,12-14H,7-11H2,1H3,(H,20,21)(H,22,23,25);1H. The van der Waals surface area contributed by atoms with Crippen molar-refractivity contribution >= 4 is 29.9 Å². The van der Waals surface area contributed by atoms with Crippen molar-refractivity contribution in [3.8, 4) is 11.5 Å². The molecule has 8 nitrogen and oxygen atoms in total. The summed E-state index contributed by atoms with van der Waals surface area (Å²) in [5.74, 6) is 2.94. The maximum absolute atomic E-state index is 5.60. The molecule has 1 aliphatic heterocycles. The molecule has 0 amide bonds. The summed E-state index contributed by atoms with van der Waals surface area (Å²) in [4.78, 5) is 15.5. The van der Waals surface area contributed by atoms with Crippen molar-refractivity contribution in [2.45, 2.75) is 25.3 Å². The van der Waals surface area contributed by atoms with E-state index in [1.807, 2.05) is 37.4 Å². The summed E-state index contributed by atoms with van der Waals surface area (Å²) in [5.41, 5.74) is 1.83.